The number of ether oxygens (including phenoxy) is 1. The van der Waals surface area contributed by atoms with Crippen molar-refractivity contribution in [2.24, 2.45) is 17.6 Å². The van der Waals surface area contributed by atoms with Crippen molar-refractivity contribution in [2.45, 2.75) is 66.7 Å². The number of methoxy groups -OCH3 is 1. The highest BCUT2D eigenvalue weighted by Crippen LogP contribution is 2.34. The molecular weight excluding hydrogens is 341 g/mol. The van der Waals surface area contributed by atoms with E-state index in [2.05, 4.69) is 13.8 Å². The number of rotatable bonds is 8. The van der Waals surface area contributed by atoms with Gasteiger partial charge in [0.25, 0.3) is 0 Å². The first-order valence-corrected chi connectivity index (χ1v) is 10.1. The van der Waals surface area contributed by atoms with Crippen LogP contribution in [0.3, 0.4) is 0 Å². The first-order valence-electron chi connectivity index (χ1n) is 10.1. The van der Waals surface area contributed by atoms with E-state index in [-0.39, 0.29) is 23.6 Å². The minimum Gasteiger partial charge on any atom is -0.469 e. The Morgan fingerprint density at radius 3 is 2.04 bits per heavy atom. The molecule has 0 saturated heterocycles. The predicted octanol–water partition coefficient (Wildman–Crippen LogP) is 6.09. The van der Waals surface area contributed by atoms with Gasteiger partial charge in [0.1, 0.15) is 5.82 Å². The van der Waals surface area contributed by atoms with Crippen molar-refractivity contribution in [1.82, 2.24) is 0 Å². The molecule has 0 saturated carbocycles. The highest BCUT2D eigenvalue weighted by Gasteiger charge is 2.28. The third-order valence-electron chi connectivity index (χ3n) is 4.59. The van der Waals surface area contributed by atoms with Crippen LogP contribution >= 0.6 is 0 Å². The number of nitrogens with two attached hydrogens (primary N) is 1. The third-order valence-corrected chi connectivity index (χ3v) is 4.59. The monoisotopic (exact) mass is 381 g/mol. The maximum absolute atomic E-state index is 13.1. The molecule has 3 nitrogen and oxygen atoms in total. The number of allylic oxidation sites excluding steroid dienone is 1. The molecule has 0 aliphatic carbocycles. The minimum atomic E-state index is -0.249. The molecule has 156 valence electrons. The summed E-state index contributed by atoms with van der Waals surface area (Å²) in [6, 6.07) is 6.47. The third kappa shape index (κ3) is 11.6. The van der Waals surface area contributed by atoms with Gasteiger partial charge in [-0.1, -0.05) is 71.7 Å². The van der Waals surface area contributed by atoms with Crippen molar-refractivity contribution in [1.29, 1.82) is 0 Å². The van der Waals surface area contributed by atoms with Crippen molar-refractivity contribution < 1.29 is 13.9 Å². The van der Waals surface area contributed by atoms with E-state index < -0.39 is 0 Å². The van der Waals surface area contributed by atoms with E-state index in [1.807, 2.05) is 39.8 Å². The predicted molar refractivity (Wildman–Crippen MR) is 114 cm³/mol. The minimum absolute atomic E-state index is 0.0768. The van der Waals surface area contributed by atoms with Crippen LogP contribution in [0.25, 0.3) is 0 Å². The largest absolute Gasteiger partial charge is 0.469 e. The highest BCUT2D eigenvalue weighted by atomic mass is 19.1. The van der Waals surface area contributed by atoms with Gasteiger partial charge >= 0.3 is 5.97 Å². The Kier molecular flexibility index (Phi) is 18.1. The summed E-state index contributed by atoms with van der Waals surface area (Å²) >= 11 is 0. The number of halogens is 1. The van der Waals surface area contributed by atoms with Crippen LogP contribution in [0.15, 0.2) is 36.4 Å². The van der Waals surface area contributed by atoms with E-state index in [9.17, 15) is 9.18 Å². The summed E-state index contributed by atoms with van der Waals surface area (Å²) in [6.07, 6.45) is 6.93. The molecular formula is C23H40FNO2. The van der Waals surface area contributed by atoms with Gasteiger partial charge in [-0.25, -0.2) is 4.39 Å². The molecule has 0 fully saturated rings. The van der Waals surface area contributed by atoms with E-state index in [1.165, 1.54) is 19.2 Å². The number of carbonyl (C=O) groups excluding carboxylic acids is 1. The number of hydrogen-bond donors (Lipinski definition) is 1. The van der Waals surface area contributed by atoms with Crippen molar-refractivity contribution in [3.63, 3.8) is 0 Å². The molecule has 0 aliphatic heterocycles. The quantitative estimate of drug-likeness (QED) is 0.438. The molecule has 1 aromatic carbocycles. The Bertz CT molecular complexity index is 496. The maximum atomic E-state index is 13.1. The fourth-order valence-corrected chi connectivity index (χ4v) is 2.81. The van der Waals surface area contributed by atoms with Gasteiger partial charge in [-0.15, -0.1) is 0 Å². The van der Waals surface area contributed by atoms with Crippen LogP contribution in [0.2, 0.25) is 0 Å². The van der Waals surface area contributed by atoms with Crippen LogP contribution in [0.1, 0.15) is 72.3 Å². The second kappa shape index (κ2) is 17.7. The number of carbonyl (C=O) groups is 1. The van der Waals surface area contributed by atoms with Crippen molar-refractivity contribution >= 4 is 5.97 Å². The smallest absolute Gasteiger partial charge is 0.308 e. The summed E-state index contributed by atoms with van der Waals surface area (Å²) in [5.41, 5.74) is 6.06. The lowest BCUT2D eigenvalue weighted by atomic mass is 9.79. The van der Waals surface area contributed by atoms with Crippen molar-refractivity contribution in [3.8, 4) is 0 Å². The molecule has 0 amide bonds. The van der Waals surface area contributed by atoms with Crippen LogP contribution < -0.4 is 5.73 Å². The van der Waals surface area contributed by atoms with Gasteiger partial charge in [0.15, 0.2) is 0 Å². The van der Waals surface area contributed by atoms with Gasteiger partial charge in [-0.2, -0.15) is 0 Å². The van der Waals surface area contributed by atoms with Crippen LogP contribution in [0.5, 0.6) is 0 Å². The van der Waals surface area contributed by atoms with Crippen molar-refractivity contribution in [2.75, 3.05) is 13.7 Å². The molecule has 4 heteroatoms. The normalized spacial score (nSPS) is 12.5. The average molecular weight is 382 g/mol. The van der Waals surface area contributed by atoms with E-state index >= 15 is 0 Å². The molecule has 0 aliphatic rings. The second-order valence-corrected chi connectivity index (χ2v) is 6.19. The summed E-state index contributed by atoms with van der Waals surface area (Å²) in [4.78, 5) is 11.9. The first kappa shape index (κ1) is 27.5. The van der Waals surface area contributed by atoms with Crippen molar-refractivity contribution in [3.05, 3.63) is 47.8 Å². The second-order valence-electron chi connectivity index (χ2n) is 6.19. The van der Waals surface area contributed by atoms with E-state index in [4.69, 9.17) is 10.5 Å². The zero-order valence-corrected chi connectivity index (χ0v) is 18.3. The molecule has 2 unspecified atom stereocenters. The SMILES string of the molecule is C/C=C/CN.CC.CCC(CC)CC(c1ccc(F)cc1)C(C)C(=O)OC. The summed E-state index contributed by atoms with van der Waals surface area (Å²) in [5, 5.41) is 0. The highest BCUT2D eigenvalue weighted by molar-refractivity contribution is 5.73. The Morgan fingerprint density at radius 2 is 1.70 bits per heavy atom. The molecule has 0 heterocycles. The lowest BCUT2D eigenvalue weighted by Gasteiger charge is -2.26. The summed E-state index contributed by atoms with van der Waals surface area (Å²) in [6.45, 7) is 12.8. The fraction of sp³-hybridized carbons (Fsp3) is 0.609. The molecule has 0 aromatic heterocycles. The van der Waals surface area contributed by atoms with Crippen LogP contribution in [0, 0.1) is 17.7 Å². The molecule has 2 N–H and O–H groups in total. The van der Waals surface area contributed by atoms with Crippen LogP contribution in [0.4, 0.5) is 4.39 Å². The van der Waals surface area contributed by atoms with Gasteiger partial charge in [-0.3, -0.25) is 4.79 Å². The van der Waals surface area contributed by atoms with E-state index in [0.29, 0.717) is 12.5 Å². The Labute approximate surface area is 166 Å². The van der Waals surface area contributed by atoms with E-state index in [0.717, 1.165) is 24.8 Å². The molecule has 27 heavy (non-hydrogen) atoms. The molecule has 2 atom stereocenters. The van der Waals surface area contributed by atoms with Gasteiger partial charge < -0.3 is 10.5 Å². The number of benzene rings is 1. The zero-order chi connectivity index (χ0) is 21.2. The summed E-state index contributed by atoms with van der Waals surface area (Å²) in [7, 11) is 1.41. The number of hydrogen-bond acceptors (Lipinski definition) is 3. The van der Waals surface area contributed by atoms with Gasteiger partial charge in [0.2, 0.25) is 0 Å². The topological polar surface area (TPSA) is 52.3 Å². The number of esters is 1. The van der Waals surface area contributed by atoms with Crippen LogP contribution in [-0.4, -0.2) is 19.6 Å². The lowest BCUT2D eigenvalue weighted by Crippen LogP contribution is -2.23. The van der Waals surface area contributed by atoms with Gasteiger partial charge in [0, 0.05) is 6.54 Å². The molecule has 0 bridgehead atoms. The Balaban J connectivity index is 0. The first-order chi connectivity index (χ1) is 12.9. The van der Waals surface area contributed by atoms with Gasteiger partial charge in [-0.05, 0) is 42.9 Å². The maximum Gasteiger partial charge on any atom is 0.308 e. The zero-order valence-electron chi connectivity index (χ0n) is 18.3. The molecule has 0 radical (unpaired) electrons. The van der Waals surface area contributed by atoms with E-state index in [1.54, 1.807) is 12.1 Å². The average Bonchev–Trinajstić information content (AvgIpc) is 2.71. The van der Waals surface area contributed by atoms with Gasteiger partial charge in [0.05, 0.1) is 13.0 Å². The Hall–Kier alpha value is -1.68. The molecule has 1 rings (SSSR count). The summed E-state index contributed by atoms with van der Waals surface area (Å²) in [5.74, 6) is -0.0257. The standard InChI is InChI=1S/C17H25FO2.C4H9N.C2H6/c1-5-13(6-2)11-16(12(3)17(19)20-4)14-7-9-15(18)10-8-14;1-2-3-4-5;1-2/h7-10,12-13,16H,5-6,11H2,1-4H3;2-3H,4-5H2,1H3;1-2H3/b;3-2+;. The lowest BCUT2D eigenvalue weighted by molar-refractivity contribution is -0.145. The fourth-order valence-electron chi connectivity index (χ4n) is 2.81. The molecule has 1 aromatic rings. The molecule has 0 spiro atoms. The Morgan fingerprint density at radius 1 is 1.19 bits per heavy atom. The van der Waals surface area contributed by atoms with Crippen LogP contribution in [-0.2, 0) is 9.53 Å². The summed E-state index contributed by atoms with van der Waals surface area (Å²) < 4.78 is 18.0.